The zero-order valence-corrected chi connectivity index (χ0v) is 13.7. The van der Waals surface area contributed by atoms with E-state index in [9.17, 15) is 4.79 Å². The van der Waals surface area contributed by atoms with Crippen LogP contribution in [0.1, 0.15) is 59.6 Å². The Morgan fingerprint density at radius 1 is 1.00 bits per heavy atom. The summed E-state index contributed by atoms with van der Waals surface area (Å²) in [7, 11) is 0. The van der Waals surface area contributed by atoms with Crippen LogP contribution in [0.3, 0.4) is 0 Å². The molecule has 0 aliphatic carbocycles. The molecule has 0 saturated carbocycles. The lowest BCUT2D eigenvalue weighted by Crippen LogP contribution is -2.36. The summed E-state index contributed by atoms with van der Waals surface area (Å²) in [6.07, 6.45) is 3.08. The van der Waals surface area contributed by atoms with Gasteiger partial charge in [-0.05, 0) is 29.4 Å². The first kappa shape index (κ1) is 17.9. The summed E-state index contributed by atoms with van der Waals surface area (Å²) in [5.74, 6) is 0. The van der Waals surface area contributed by atoms with Crippen molar-refractivity contribution >= 4 is 6.29 Å². The Kier molecular flexibility index (Phi) is 7.04. The molecule has 0 aliphatic heterocycles. The summed E-state index contributed by atoms with van der Waals surface area (Å²) in [5, 5.41) is 0. The van der Waals surface area contributed by atoms with Crippen LogP contribution in [-0.2, 0) is 17.6 Å². The SMILES string of the molecule is CC.CCc1ccccc1CC(C)(C)C(C)(C)C=O. The van der Waals surface area contributed by atoms with E-state index in [2.05, 4.69) is 45.0 Å². The van der Waals surface area contributed by atoms with Crippen molar-refractivity contribution in [1.82, 2.24) is 0 Å². The van der Waals surface area contributed by atoms with Crippen molar-refractivity contribution in [3.05, 3.63) is 35.4 Å². The van der Waals surface area contributed by atoms with Crippen LogP contribution in [0, 0.1) is 10.8 Å². The van der Waals surface area contributed by atoms with Crippen molar-refractivity contribution in [1.29, 1.82) is 0 Å². The van der Waals surface area contributed by atoms with E-state index >= 15 is 0 Å². The maximum atomic E-state index is 11.2. The van der Waals surface area contributed by atoms with E-state index in [0.717, 1.165) is 19.1 Å². The Bertz CT molecular complexity index is 388. The van der Waals surface area contributed by atoms with Gasteiger partial charge in [0.1, 0.15) is 6.29 Å². The highest BCUT2D eigenvalue weighted by atomic mass is 16.1. The van der Waals surface area contributed by atoms with E-state index in [1.165, 1.54) is 11.1 Å². The van der Waals surface area contributed by atoms with Gasteiger partial charge in [-0.2, -0.15) is 0 Å². The number of carbonyl (C=O) groups excluding carboxylic acids is 1. The lowest BCUT2D eigenvalue weighted by molar-refractivity contribution is -0.120. The van der Waals surface area contributed by atoms with Crippen LogP contribution in [0.15, 0.2) is 24.3 Å². The van der Waals surface area contributed by atoms with Crippen LogP contribution in [0.4, 0.5) is 0 Å². The summed E-state index contributed by atoms with van der Waals surface area (Å²) >= 11 is 0. The second-order valence-corrected chi connectivity index (χ2v) is 6.02. The number of aldehydes is 1. The summed E-state index contributed by atoms with van der Waals surface area (Å²) in [5.41, 5.74) is 2.44. The fraction of sp³-hybridized carbons (Fsp3) is 0.611. The molecular formula is C18H30O. The van der Waals surface area contributed by atoms with Gasteiger partial charge >= 0.3 is 0 Å². The molecule has 0 atom stereocenters. The number of aryl methyl sites for hydroxylation is 1. The largest absolute Gasteiger partial charge is 0.303 e. The predicted molar refractivity (Wildman–Crippen MR) is 84.5 cm³/mol. The average molecular weight is 262 g/mol. The molecule has 1 nitrogen and oxygen atoms in total. The average Bonchev–Trinajstić information content (AvgIpc) is 2.41. The molecular weight excluding hydrogens is 232 g/mol. The van der Waals surface area contributed by atoms with Crippen LogP contribution in [0.25, 0.3) is 0 Å². The third-order valence-electron chi connectivity index (χ3n) is 4.17. The van der Waals surface area contributed by atoms with E-state index in [1.807, 2.05) is 27.7 Å². The van der Waals surface area contributed by atoms with Crippen molar-refractivity contribution in [3.63, 3.8) is 0 Å². The van der Waals surface area contributed by atoms with Crippen LogP contribution < -0.4 is 0 Å². The number of hydrogen-bond donors (Lipinski definition) is 0. The second-order valence-electron chi connectivity index (χ2n) is 6.02. The van der Waals surface area contributed by atoms with Crippen LogP contribution in [-0.4, -0.2) is 6.29 Å². The standard InChI is InChI=1S/C16H24O.C2H6/c1-6-13-9-7-8-10-14(13)11-15(2,3)16(4,5)12-17;1-2/h7-10,12H,6,11H2,1-5H3;1-2H3. The highest BCUT2D eigenvalue weighted by molar-refractivity contribution is 5.59. The molecule has 0 aromatic heterocycles. The maximum Gasteiger partial charge on any atom is 0.126 e. The molecule has 0 aliphatic rings. The number of rotatable bonds is 5. The predicted octanol–water partition coefficient (Wildman–Crippen LogP) is 5.07. The highest BCUT2D eigenvalue weighted by Gasteiger charge is 2.36. The fourth-order valence-electron chi connectivity index (χ4n) is 1.94. The van der Waals surface area contributed by atoms with E-state index in [0.29, 0.717) is 0 Å². The van der Waals surface area contributed by atoms with Gasteiger partial charge in [0.2, 0.25) is 0 Å². The summed E-state index contributed by atoms with van der Waals surface area (Å²) in [6, 6.07) is 8.53. The summed E-state index contributed by atoms with van der Waals surface area (Å²) in [4.78, 5) is 11.2. The molecule has 0 amide bonds. The Hall–Kier alpha value is -1.11. The van der Waals surface area contributed by atoms with Gasteiger partial charge in [0.05, 0.1) is 0 Å². The molecule has 1 aromatic carbocycles. The summed E-state index contributed by atoms with van der Waals surface area (Å²) in [6.45, 7) is 14.6. The van der Waals surface area contributed by atoms with Crippen molar-refractivity contribution < 1.29 is 4.79 Å². The fourth-order valence-corrected chi connectivity index (χ4v) is 1.94. The molecule has 0 N–H and O–H groups in total. The Morgan fingerprint density at radius 2 is 1.47 bits per heavy atom. The van der Waals surface area contributed by atoms with E-state index < -0.39 is 0 Å². The second kappa shape index (κ2) is 7.47. The third kappa shape index (κ3) is 4.49. The summed E-state index contributed by atoms with van der Waals surface area (Å²) < 4.78 is 0. The van der Waals surface area contributed by atoms with Gasteiger partial charge in [-0.25, -0.2) is 0 Å². The Morgan fingerprint density at radius 3 is 1.89 bits per heavy atom. The van der Waals surface area contributed by atoms with Crippen molar-refractivity contribution in [2.24, 2.45) is 10.8 Å². The molecule has 0 bridgehead atoms. The molecule has 0 heterocycles. The number of benzene rings is 1. The molecule has 0 spiro atoms. The number of hydrogen-bond acceptors (Lipinski definition) is 1. The van der Waals surface area contributed by atoms with Gasteiger partial charge in [0, 0.05) is 5.41 Å². The first-order chi connectivity index (χ1) is 8.84. The van der Waals surface area contributed by atoms with Crippen molar-refractivity contribution in [3.8, 4) is 0 Å². The van der Waals surface area contributed by atoms with Gasteiger partial charge in [-0.3, -0.25) is 0 Å². The molecule has 1 aromatic rings. The molecule has 0 radical (unpaired) electrons. The first-order valence-corrected chi connectivity index (χ1v) is 7.37. The first-order valence-electron chi connectivity index (χ1n) is 7.37. The van der Waals surface area contributed by atoms with Gasteiger partial charge in [-0.1, -0.05) is 72.7 Å². The van der Waals surface area contributed by atoms with Gasteiger partial charge in [0.15, 0.2) is 0 Å². The lowest BCUT2D eigenvalue weighted by Gasteiger charge is -2.38. The quantitative estimate of drug-likeness (QED) is 0.677. The van der Waals surface area contributed by atoms with E-state index in [4.69, 9.17) is 0 Å². The Labute approximate surface area is 119 Å². The van der Waals surface area contributed by atoms with Crippen LogP contribution in [0.5, 0.6) is 0 Å². The molecule has 0 saturated heterocycles. The minimum atomic E-state index is -0.298. The molecule has 0 fully saturated rings. The normalized spacial score (nSPS) is 11.5. The topological polar surface area (TPSA) is 17.1 Å². The van der Waals surface area contributed by atoms with E-state index in [1.54, 1.807) is 0 Å². The van der Waals surface area contributed by atoms with Crippen molar-refractivity contribution in [2.75, 3.05) is 0 Å². The molecule has 19 heavy (non-hydrogen) atoms. The molecule has 1 rings (SSSR count). The number of carbonyl (C=O) groups is 1. The molecule has 108 valence electrons. The third-order valence-corrected chi connectivity index (χ3v) is 4.17. The van der Waals surface area contributed by atoms with E-state index in [-0.39, 0.29) is 10.8 Å². The monoisotopic (exact) mass is 262 g/mol. The smallest absolute Gasteiger partial charge is 0.126 e. The van der Waals surface area contributed by atoms with Gasteiger partial charge in [0.25, 0.3) is 0 Å². The highest BCUT2D eigenvalue weighted by Crippen LogP contribution is 2.40. The minimum absolute atomic E-state index is 0.0278. The van der Waals surface area contributed by atoms with Gasteiger partial charge in [-0.15, -0.1) is 0 Å². The maximum absolute atomic E-state index is 11.2. The van der Waals surface area contributed by atoms with Crippen molar-refractivity contribution in [2.45, 2.75) is 61.3 Å². The molecule has 0 unspecified atom stereocenters. The zero-order valence-electron chi connectivity index (χ0n) is 13.7. The Balaban J connectivity index is 0.00000154. The lowest BCUT2D eigenvalue weighted by atomic mass is 9.65. The minimum Gasteiger partial charge on any atom is -0.303 e. The molecule has 1 heteroatoms. The van der Waals surface area contributed by atoms with Crippen LogP contribution >= 0.6 is 0 Å². The van der Waals surface area contributed by atoms with Crippen LogP contribution in [0.2, 0.25) is 0 Å². The zero-order chi connectivity index (χ0) is 15.1. The van der Waals surface area contributed by atoms with Gasteiger partial charge < -0.3 is 4.79 Å².